The molecule has 2 aromatic carbocycles. The van der Waals surface area contributed by atoms with E-state index in [1.807, 2.05) is 48.5 Å². The van der Waals surface area contributed by atoms with Gasteiger partial charge in [-0.05, 0) is 56.2 Å². The molecule has 1 atom stereocenters. The van der Waals surface area contributed by atoms with Crippen LogP contribution in [0.3, 0.4) is 0 Å². The van der Waals surface area contributed by atoms with Gasteiger partial charge in [-0.25, -0.2) is 9.59 Å². The van der Waals surface area contributed by atoms with Gasteiger partial charge in [-0.2, -0.15) is 0 Å². The second kappa shape index (κ2) is 13.5. The predicted molar refractivity (Wildman–Crippen MR) is 138 cm³/mol. The zero-order valence-electron chi connectivity index (χ0n) is 21.8. The van der Waals surface area contributed by atoms with E-state index in [9.17, 15) is 9.59 Å². The van der Waals surface area contributed by atoms with E-state index >= 15 is 0 Å². The summed E-state index contributed by atoms with van der Waals surface area (Å²) in [5.74, 6) is 0.526. The van der Waals surface area contributed by atoms with Crippen LogP contribution >= 0.6 is 0 Å². The molecule has 0 aliphatic heterocycles. The number of benzene rings is 2. The average molecular weight is 497 g/mol. The molecule has 36 heavy (non-hydrogen) atoms. The van der Waals surface area contributed by atoms with E-state index in [1.165, 1.54) is 0 Å². The van der Waals surface area contributed by atoms with Gasteiger partial charge in [0.2, 0.25) is 6.29 Å². The maximum absolute atomic E-state index is 11.5. The minimum absolute atomic E-state index is 0.168. The predicted octanol–water partition coefficient (Wildman–Crippen LogP) is 5.37. The summed E-state index contributed by atoms with van der Waals surface area (Å²) in [5.41, 5.74) is 2.71. The van der Waals surface area contributed by atoms with E-state index in [1.54, 1.807) is 20.8 Å². The highest BCUT2D eigenvalue weighted by molar-refractivity contribution is 5.87. The van der Waals surface area contributed by atoms with Crippen molar-refractivity contribution < 1.29 is 33.3 Å². The van der Waals surface area contributed by atoms with E-state index in [0.717, 1.165) is 16.9 Å². The van der Waals surface area contributed by atoms with Crippen molar-refractivity contribution in [2.75, 3.05) is 26.4 Å². The SMILES string of the molecule is C=C(C)C(=O)OCCOc1ccc(C(C)(C)c2ccc(OCCOC(C)OC(=O)C(=C)C)cc2)cc1. The molecule has 0 aliphatic carbocycles. The molecule has 0 heterocycles. The molecule has 2 rings (SSSR count). The molecule has 7 heteroatoms. The first-order valence-corrected chi connectivity index (χ1v) is 11.8. The van der Waals surface area contributed by atoms with E-state index in [4.69, 9.17) is 23.7 Å². The molecule has 0 bridgehead atoms. The molecule has 0 radical (unpaired) electrons. The third kappa shape index (κ3) is 8.89. The molecule has 0 amide bonds. The highest BCUT2D eigenvalue weighted by atomic mass is 16.7. The van der Waals surface area contributed by atoms with Crippen molar-refractivity contribution >= 4 is 11.9 Å². The Labute approximate surface area is 213 Å². The molecule has 0 aliphatic rings. The van der Waals surface area contributed by atoms with Gasteiger partial charge in [0, 0.05) is 16.6 Å². The summed E-state index contributed by atoms with van der Waals surface area (Å²) in [6, 6.07) is 15.8. The van der Waals surface area contributed by atoms with Crippen LogP contribution in [0.25, 0.3) is 0 Å². The Kier molecular flexibility index (Phi) is 10.7. The van der Waals surface area contributed by atoms with Crippen LogP contribution in [0.4, 0.5) is 0 Å². The first-order chi connectivity index (χ1) is 17.0. The quantitative estimate of drug-likeness (QED) is 0.151. The lowest BCUT2D eigenvalue weighted by Gasteiger charge is -2.26. The van der Waals surface area contributed by atoms with Crippen molar-refractivity contribution in [2.24, 2.45) is 0 Å². The van der Waals surface area contributed by atoms with Crippen LogP contribution in [0.2, 0.25) is 0 Å². The van der Waals surface area contributed by atoms with E-state index in [0.29, 0.717) is 23.5 Å². The highest BCUT2D eigenvalue weighted by Crippen LogP contribution is 2.33. The molecule has 0 aromatic heterocycles. The maximum atomic E-state index is 11.5. The van der Waals surface area contributed by atoms with Gasteiger partial charge in [0.1, 0.15) is 31.3 Å². The molecule has 0 saturated heterocycles. The molecule has 0 spiro atoms. The molecule has 0 fully saturated rings. The molecule has 0 N–H and O–H groups in total. The number of hydrogen-bond donors (Lipinski definition) is 0. The largest absolute Gasteiger partial charge is 0.491 e. The van der Waals surface area contributed by atoms with Crippen molar-refractivity contribution in [3.05, 3.63) is 84.0 Å². The molecular weight excluding hydrogens is 460 g/mol. The molecule has 194 valence electrons. The van der Waals surface area contributed by atoms with Gasteiger partial charge in [-0.15, -0.1) is 0 Å². The lowest BCUT2D eigenvalue weighted by atomic mass is 9.78. The summed E-state index contributed by atoms with van der Waals surface area (Å²) in [6.07, 6.45) is -0.670. The van der Waals surface area contributed by atoms with Gasteiger partial charge >= 0.3 is 11.9 Å². The van der Waals surface area contributed by atoms with Crippen molar-refractivity contribution in [3.8, 4) is 11.5 Å². The summed E-state index contributed by atoms with van der Waals surface area (Å²) in [7, 11) is 0. The van der Waals surface area contributed by atoms with Crippen LogP contribution in [0.5, 0.6) is 11.5 Å². The van der Waals surface area contributed by atoms with Gasteiger partial charge in [-0.1, -0.05) is 51.3 Å². The number of hydrogen-bond acceptors (Lipinski definition) is 7. The maximum Gasteiger partial charge on any atom is 0.335 e. The van der Waals surface area contributed by atoms with Crippen LogP contribution in [-0.2, 0) is 29.2 Å². The number of carbonyl (C=O) groups is 2. The summed E-state index contributed by atoms with van der Waals surface area (Å²) in [5, 5.41) is 0. The standard InChI is InChI=1S/C29H36O7/c1-20(2)27(30)35-19-18-34-26-14-10-24(11-15-26)29(6,7)23-8-12-25(13-9-23)33-17-16-32-22(5)36-28(31)21(3)4/h8-15,22H,1,3,16-19H2,2,4-7H3. The third-order valence-corrected chi connectivity index (χ3v) is 5.41. The third-order valence-electron chi connectivity index (χ3n) is 5.41. The molecule has 1 unspecified atom stereocenters. The topological polar surface area (TPSA) is 80.3 Å². The Morgan fingerprint density at radius 2 is 1.19 bits per heavy atom. The summed E-state index contributed by atoms with van der Waals surface area (Å²) in [6.45, 7) is 17.3. The van der Waals surface area contributed by atoms with E-state index in [-0.39, 0.29) is 25.2 Å². The highest BCUT2D eigenvalue weighted by Gasteiger charge is 2.23. The van der Waals surface area contributed by atoms with Gasteiger partial charge in [0.15, 0.2) is 0 Å². The number of esters is 2. The number of ether oxygens (including phenoxy) is 5. The normalized spacial score (nSPS) is 11.8. The molecule has 2 aromatic rings. The van der Waals surface area contributed by atoms with Crippen LogP contribution in [0.15, 0.2) is 72.8 Å². The van der Waals surface area contributed by atoms with Crippen molar-refractivity contribution in [3.63, 3.8) is 0 Å². The van der Waals surface area contributed by atoms with Crippen LogP contribution in [0, 0.1) is 0 Å². The second-order valence-corrected chi connectivity index (χ2v) is 8.91. The van der Waals surface area contributed by atoms with Crippen LogP contribution in [0.1, 0.15) is 45.7 Å². The first kappa shape index (κ1) is 28.7. The van der Waals surface area contributed by atoms with Crippen molar-refractivity contribution in [1.29, 1.82) is 0 Å². The van der Waals surface area contributed by atoms with Crippen LogP contribution < -0.4 is 9.47 Å². The fourth-order valence-corrected chi connectivity index (χ4v) is 3.18. The zero-order valence-corrected chi connectivity index (χ0v) is 21.8. The monoisotopic (exact) mass is 496 g/mol. The van der Waals surface area contributed by atoms with Gasteiger partial charge < -0.3 is 23.7 Å². The fraction of sp³-hybridized carbons (Fsp3) is 0.379. The minimum Gasteiger partial charge on any atom is -0.491 e. The Morgan fingerprint density at radius 1 is 0.750 bits per heavy atom. The summed E-state index contributed by atoms with van der Waals surface area (Å²) >= 11 is 0. The van der Waals surface area contributed by atoms with Gasteiger partial charge in [-0.3, -0.25) is 0 Å². The van der Waals surface area contributed by atoms with E-state index < -0.39 is 18.2 Å². The molecule has 0 saturated carbocycles. The molecular formula is C29H36O7. The summed E-state index contributed by atoms with van der Waals surface area (Å²) < 4.78 is 26.9. The lowest BCUT2D eigenvalue weighted by Crippen LogP contribution is -2.21. The smallest absolute Gasteiger partial charge is 0.335 e. The Bertz CT molecular complexity index is 1040. The average Bonchev–Trinajstić information content (AvgIpc) is 2.84. The number of carbonyl (C=O) groups excluding carboxylic acids is 2. The first-order valence-electron chi connectivity index (χ1n) is 11.8. The Morgan fingerprint density at radius 3 is 1.64 bits per heavy atom. The van der Waals surface area contributed by atoms with Crippen molar-refractivity contribution in [1.82, 2.24) is 0 Å². The van der Waals surface area contributed by atoms with Gasteiger partial charge in [0.25, 0.3) is 0 Å². The van der Waals surface area contributed by atoms with Gasteiger partial charge in [0.05, 0.1) is 6.61 Å². The zero-order chi connectivity index (χ0) is 26.7. The minimum atomic E-state index is -0.670. The van der Waals surface area contributed by atoms with Crippen molar-refractivity contribution in [2.45, 2.75) is 46.3 Å². The fourth-order valence-electron chi connectivity index (χ4n) is 3.18. The summed E-state index contributed by atoms with van der Waals surface area (Å²) in [4.78, 5) is 22.9. The molecule has 7 nitrogen and oxygen atoms in total. The Hall–Kier alpha value is -3.58. The Balaban J connectivity index is 1.83. The lowest BCUT2D eigenvalue weighted by molar-refractivity contribution is -0.171. The number of rotatable bonds is 14. The second-order valence-electron chi connectivity index (χ2n) is 8.91. The van der Waals surface area contributed by atoms with E-state index in [2.05, 4.69) is 27.0 Å². The van der Waals surface area contributed by atoms with Crippen LogP contribution in [-0.4, -0.2) is 44.7 Å².